The van der Waals surface area contributed by atoms with Crippen molar-refractivity contribution in [2.24, 2.45) is 28.1 Å². The van der Waals surface area contributed by atoms with Crippen LogP contribution in [0.25, 0.3) is 0 Å². The number of cyclic esters (lactones) is 2. The lowest BCUT2D eigenvalue weighted by atomic mass is 9.37. The molecule has 2 saturated carbocycles. The molecule has 0 N–H and O–H groups in total. The third-order valence-electron chi connectivity index (χ3n) is 10.8. The van der Waals surface area contributed by atoms with Gasteiger partial charge in [0.05, 0.1) is 24.4 Å². The van der Waals surface area contributed by atoms with Gasteiger partial charge in [-0.1, -0.05) is 13.8 Å². The van der Waals surface area contributed by atoms with Gasteiger partial charge in [-0.05, 0) is 45.6 Å². The third-order valence-corrected chi connectivity index (χ3v) is 10.8. The van der Waals surface area contributed by atoms with Gasteiger partial charge in [-0.2, -0.15) is 0 Å². The molecular weight excluding hydrogens is 480 g/mol. The van der Waals surface area contributed by atoms with E-state index in [0.29, 0.717) is 12.8 Å². The van der Waals surface area contributed by atoms with Crippen molar-refractivity contribution in [1.29, 1.82) is 0 Å². The van der Waals surface area contributed by atoms with E-state index in [4.69, 9.17) is 23.4 Å². The Hall–Kier alpha value is -2.68. The Morgan fingerprint density at radius 3 is 2.41 bits per heavy atom. The van der Waals surface area contributed by atoms with Crippen molar-refractivity contribution in [3.63, 3.8) is 0 Å². The highest BCUT2D eigenvalue weighted by Crippen LogP contribution is 2.78. The number of rotatable bonds is 2. The third kappa shape index (κ3) is 2.79. The van der Waals surface area contributed by atoms with Crippen LogP contribution in [0.1, 0.15) is 78.9 Å². The van der Waals surface area contributed by atoms with Gasteiger partial charge in [-0.3, -0.25) is 14.4 Å². The molecule has 1 spiro atoms. The van der Waals surface area contributed by atoms with E-state index in [0.717, 1.165) is 5.56 Å². The first-order chi connectivity index (χ1) is 17.2. The van der Waals surface area contributed by atoms with E-state index in [1.807, 2.05) is 34.6 Å². The standard InChI is InChI=1S/C28H34O9/c1-14(29)34-19-12-20(31)36-24(2,3)17-11-18(30)27(6)16(26(17,19)5)7-9-25(4)21(15-8-10-33-13-15)35-23(32)22-28(25,27)37-22/h8,10,13,16-17,19,21-22H,7,9,11-12H2,1-6H3/t16-,17-,19+,21+,22+,25+,26+,27+,28-/m1/s1. The SMILES string of the molecule is CC(=O)O[C@H]1CC(=O)OC(C)(C)[C@H]2CC(=O)[C@]3(C)[C@H](CC[C@@]4(C)[C@H](c5ccoc5)OC(=O)[C@@H]5O[C@]543)[C@]12C. The molecule has 5 aliphatic rings. The van der Waals surface area contributed by atoms with Crippen molar-refractivity contribution in [3.05, 3.63) is 24.2 Å². The number of ether oxygens (including phenoxy) is 4. The topological polar surface area (TPSA) is 122 Å². The molecule has 0 radical (unpaired) electrons. The van der Waals surface area contributed by atoms with Gasteiger partial charge in [-0.25, -0.2) is 4.79 Å². The minimum atomic E-state index is -1.09. The molecule has 9 nitrogen and oxygen atoms in total. The molecule has 6 rings (SSSR count). The monoisotopic (exact) mass is 514 g/mol. The Labute approximate surface area is 215 Å². The molecule has 4 heterocycles. The lowest BCUT2D eigenvalue weighted by molar-refractivity contribution is -0.234. The smallest absolute Gasteiger partial charge is 0.339 e. The number of carbonyl (C=O) groups excluding carboxylic acids is 4. The van der Waals surface area contributed by atoms with Crippen molar-refractivity contribution in [1.82, 2.24) is 0 Å². The maximum atomic E-state index is 14.4. The molecule has 5 fully saturated rings. The van der Waals surface area contributed by atoms with E-state index in [-0.39, 0.29) is 30.5 Å². The quantitative estimate of drug-likeness (QED) is 0.330. The molecule has 200 valence electrons. The zero-order chi connectivity index (χ0) is 26.8. The van der Waals surface area contributed by atoms with Crippen molar-refractivity contribution >= 4 is 23.7 Å². The predicted molar refractivity (Wildman–Crippen MR) is 126 cm³/mol. The second-order valence-corrected chi connectivity index (χ2v) is 12.7. The number of ketones is 1. The van der Waals surface area contributed by atoms with E-state index in [9.17, 15) is 19.2 Å². The van der Waals surface area contributed by atoms with Gasteiger partial charge in [0.2, 0.25) is 0 Å². The van der Waals surface area contributed by atoms with Gasteiger partial charge in [-0.15, -0.1) is 0 Å². The summed E-state index contributed by atoms with van der Waals surface area (Å²) in [6.45, 7) is 11.0. The average Bonchev–Trinajstić information content (AvgIpc) is 3.38. The lowest BCUT2D eigenvalue weighted by Gasteiger charge is -2.66. The summed E-state index contributed by atoms with van der Waals surface area (Å²) in [6, 6.07) is 1.78. The van der Waals surface area contributed by atoms with E-state index in [1.54, 1.807) is 12.3 Å². The first kappa shape index (κ1) is 24.6. The van der Waals surface area contributed by atoms with Crippen LogP contribution in [0.3, 0.4) is 0 Å². The molecular formula is C28H34O9. The van der Waals surface area contributed by atoms with Crippen LogP contribution in [0.15, 0.2) is 23.0 Å². The molecule has 0 unspecified atom stereocenters. The number of carbonyl (C=O) groups is 4. The summed E-state index contributed by atoms with van der Waals surface area (Å²) in [5, 5.41) is 0. The molecule has 37 heavy (non-hydrogen) atoms. The van der Waals surface area contributed by atoms with Gasteiger partial charge < -0.3 is 23.4 Å². The number of esters is 3. The van der Waals surface area contributed by atoms with Gasteiger partial charge in [0.1, 0.15) is 29.2 Å². The van der Waals surface area contributed by atoms with Crippen LogP contribution in [-0.2, 0) is 38.1 Å². The second-order valence-electron chi connectivity index (χ2n) is 12.7. The maximum Gasteiger partial charge on any atom is 0.339 e. The Balaban J connectivity index is 1.54. The lowest BCUT2D eigenvalue weighted by Crippen LogP contribution is -2.72. The Kier molecular flexibility index (Phi) is 4.82. The Bertz CT molecular complexity index is 1200. The van der Waals surface area contributed by atoms with E-state index in [1.165, 1.54) is 13.2 Å². The number of fused-ring (bicyclic) bond motifs is 3. The molecule has 1 aromatic heterocycles. The minimum absolute atomic E-state index is 0.0263. The van der Waals surface area contributed by atoms with Gasteiger partial charge in [0, 0.05) is 35.7 Å². The molecule has 9 heteroatoms. The summed E-state index contributed by atoms with van der Waals surface area (Å²) in [5.41, 5.74) is -3.88. The first-order valence-electron chi connectivity index (χ1n) is 13.1. The van der Waals surface area contributed by atoms with Gasteiger partial charge in [0.15, 0.2) is 6.10 Å². The first-order valence-corrected chi connectivity index (χ1v) is 13.1. The van der Waals surface area contributed by atoms with Crippen LogP contribution in [0.4, 0.5) is 0 Å². The molecule has 0 bridgehead atoms. The molecule has 3 saturated heterocycles. The Morgan fingerprint density at radius 1 is 1.03 bits per heavy atom. The van der Waals surface area contributed by atoms with Crippen LogP contribution in [0.2, 0.25) is 0 Å². The summed E-state index contributed by atoms with van der Waals surface area (Å²) in [7, 11) is 0. The number of hydrogen-bond donors (Lipinski definition) is 0. The zero-order valence-corrected chi connectivity index (χ0v) is 22.1. The fourth-order valence-electron chi connectivity index (χ4n) is 9.24. The van der Waals surface area contributed by atoms with Gasteiger partial charge >= 0.3 is 17.9 Å². The van der Waals surface area contributed by atoms with Crippen molar-refractivity contribution in [2.45, 2.75) is 96.7 Å². The number of Topliss-reactive ketones (excluding diaryl/α,β-unsaturated/α-hetero) is 1. The van der Waals surface area contributed by atoms with Crippen molar-refractivity contribution < 1.29 is 42.5 Å². The van der Waals surface area contributed by atoms with Crippen LogP contribution in [0.5, 0.6) is 0 Å². The highest BCUT2D eigenvalue weighted by molar-refractivity contribution is 5.93. The maximum absolute atomic E-state index is 14.4. The summed E-state index contributed by atoms with van der Waals surface area (Å²) < 4.78 is 29.3. The highest BCUT2D eigenvalue weighted by Gasteiger charge is 2.88. The predicted octanol–water partition coefficient (Wildman–Crippen LogP) is 3.69. The summed E-state index contributed by atoms with van der Waals surface area (Å²) in [4.78, 5) is 52.7. The second kappa shape index (κ2) is 7.24. The van der Waals surface area contributed by atoms with E-state index < -0.39 is 63.7 Å². The highest BCUT2D eigenvalue weighted by atomic mass is 16.7. The molecule has 0 amide bonds. The Morgan fingerprint density at radius 2 is 1.76 bits per heavy atom. The number of hydrogen-bond acceptors (Lipinski definition) is 9. The number of epoxide rings is 1. The minimum Gasteiger partial charge on any atom is -0.472 e. The van der Waals surface area contributed by atoms with Crippen LogP contribution >= 0.6 is 0 Å². The fourth-order valence-corrected chi connectivity index (χ4v) is 9.24. The molecule has 2 aliphatic carbocycles. The van der Waals surface area contributed by atoms with Gasteiger partial charge in [0.25, 0.3) is 0 Å². The van der Waals surface area contributed by atoms with Crippen LogP contribution in [0, 0.1) is 28.1 Å². The molecule has 9 atom stereocenters. The fraction of sp³-hybridized carbons (Fsp3) is 0.714. The number of furan rings is 1. The van der Waals surface area contributed by atoms with Crippen molar-refractivity contribution in [2.75, 3.05) is 0 Å². The summed E-state index contributed by atoms with van der Waals surface area (Å²) in [6.07, 6.45) is 2.06. The summed E-state index contributed by atoms with van der Waals surface area (Å²) in [5.74, 6) is -2.18. The zero-order valence-electron chi connectivity index (χ0n) is 22.1. The molecule has 1 aromatic rings. The van der Waals surface area contributed by atoms with E-state index in [2.05, 4.69) is 0 Å². The van der Waals surface area contributed by atoms with Crippen molar-refractivity contribution in [3.8, 4) is 0 Å². The molecule has 0 aromatic carbocycles. The van der Waals surface area contributed by atoms with Crippen LogP contribution in [-0.4, -0.2) is 47.1 Å². The summed E-state index contributed by atoms with van der Waals surface area (Å²) >= 11 is 0. The van der Waals surface area contributed by atoms with Crippen LogP contribution < -0.4 is 0 Å². The largest absolute Gasteiger partial charge is 0.472 e. The van der Waals surface area contributed by atoms with E-state index >= 15 is 0 Å². The molecule has 3 aliphatic heterocycles. The normalized spacial score (nSPS) is 47.7. The average molecular weight is 515 g/mol.